The summed E-state index contributed by atoms with van der Waals surface area (Å²) in [6.45, 7) is 1.61. The summed E-state index contributed by atoms with van der Waals surface area (Å²) in [5.41, 5.74) is 2.32. The SMILES string of the molecule is Cc1ccc(C(=O)COC(=O)c2cccc(S(=O)(=O)NCc3ccccc3)c2)cc1. The fourth-order valence-corrected chi connectivity index (χ4v) is 3.75. The van der Waals surface area contributed by atoms with Crippen molar-refractivity contribution < 1.29 is 22.7 Å². The van der Waals surface area contributed by atoms with Crippen molar-refractivity contribution in [3.8, 4) is 0 Å². The molecule has 0 spiro atoms. The molecule has 1 N–H and O–H groups in total. The molecule has 0 aliphatic rings. The summed E-state index contributed by atoms with van der Waals surface area (Å²) in [4.78, 5) is 24.4. The number of ketones is 1. The van der Waals surface area contributed by atoms with Gasteiger partial charge in [-0.15, -0.1) is 0 Å². The molecule has 0 aliphatic carbocycles. The van der Waals surface area contributed by atoms with Crippen molar-refractivity contribution in [2.45, 2.75) is 18.4 Å². The van der Waals surface area contributed by atoms with Gasteiger partial charge in [0, 0.05) is 12.1 Å². The van der Waals surface area contributed by atoms with Crippen molar-refractivity contribution in [1.29, 1.82) is 0 Å². The van der Waals surface area contributed by atoms with Crippen molar-refractivity contribution >= 4 is 21.8 Å². The second-order valence-electron chi connectivity index (χ2n) is 6.70. The molecular formula is C23H21NO5S. The molecule has 0 saturated heterocycles. The molecule has 30 heavy (non-hydrogen) atoms. The van der Waals surface area contributed by atoms with Gasteiger partial charge >= 0.3 is 5.97 Å². The maximum absolute atomic E-state index is 12.5. The molecule has 3 aromatic carbocycles. The highest BCUT2D eigenvalue weighted by Gasteiger charge is 2.17. The topological polar surface area (TPSA) is 89.5 Å². The largest absolute Gasteiger partial charge is 0.454 e. The molecule has 0 amide bonds. The Kier molecular flexibility index (Phi) is 6.76. The lowest BCUT2D eigenvalue weighted by molar-refractivity contribution is 0.0474. The number of nitrogens with one attached hydrogen (secondary N) is 1. The lowest BCUT2D eigenvalue weighted by Gasteiger charge is -2.09. The van der Waals surface area contributed by atoms with E-state index in [1.54, 1.807) is 36.4 Å². The monoisotopic (exact) mass is 423 g/mol. The van der Waals surface area contributed by atoms with Crippen LogP contribution in [-0.2, 0) is 21.3 Å². The Hall–Kier alpha value is -3.29. The summed E-state index contributed by atoms with van der Waals surface area (Å²) in [7, 11) is -3.82. The van der Waals surface area contributed by atoms with Gasteiger partial charge in [-0.3, -0.25) is 4.79 Å². The number of sulfonamides is 1. The molecule has 0 aliphatic heterocycles. The number of rotatable bonds is 8. The highest BCUT2D eigenvalue weighted by Crippen LogP contribution is 2.14. The quantitative estimate of drug-likeness (QED) is 0.442. The van der Waals surface area contributed by atoms with Crippen LogP contribution in [0.3, 0.4) is 0 Å². The summed E-state index contributed by atoms with van der Waals surface area (Å²) in [5.74, 6) is -1.10. The summed E-state index contributed by atoms with van der Waals surface area (Å²) < 4.78 is 32.7. The first kappa shape index (κ1) is 21.4. The number of Topliss-reactive ketones (excluding diaryl/α,β-unsaturated/α-hetero) is 1. The first-order valence-electron chi connectivity index (χ1n) is 9.26. The third-order valence-corrected chi connectivity index (χ3v) is 5.80. The van der Waals surface area contributed by atoms with Gasteiger partial charge in [0.05, 0.1) is 10.5 Å². The molecule has 0 unspecified atom stereocenters. The van der Waals surface area contributed by atoms with Gasteiger partial charge in [0.2, 0.25) is 10.0 Å². The zero-order chi connectivity index (χ0) is 21.6. The maximum atomic E-state index is 12.5. The minimum atomic E-state index is -3.82. The van der Waals surface area contributed by atoms with Gasteiger partial charge in [0.1, 0.15) is 0 Å². The molecule has 0 bridgehead atoms. The zero-order valence-electron chi connectivity index (χ0n) is 16.4. The van der Waals surface area contributed by atoms with Crippen LogP contribution >= 0.6 is 0 Å². The van der Waals surface area contributed by atoms with Crippen molar-refractivity contribution in [1.82, 2.24) is 4.72 Å². The van der Waals surface area contributed by atoms with Gasteiger partial charge in [0.25, 0.3) is 0 Å². The Balaban J connectivity index is 1.64. The van der Waals surface area contributed by atoms with Crippen LogP contribution in [-0.4, -0.2) is 26.8 Å². The Morgan fingerprint density at radius 1 is 0.867 bits per heavy atom. The molecule has 0 atom stereocenters. The molecule has 3 aromatic rings. The van der Waals surface area contributed by atoms with Crippen LogP contribution in [0.4, 0.5) is 0 Å². The molecule has 3 rings (SSSR count). The third kappa shape index (κ3) is 5.62. The van der Waals surface area contributed by atoms with E-state index in [1.165, 1.54) is 24.3 Å². The van der Waals surface area contributed by atoms with E-state index >= 15 is 0 Å². The van der Waals surface area contributed by atoms with Gasteiger partial charge in [-0.25, -0.2) is 17.9 Å². The summed E-state index contributed by atoms with van der Waals surface area (Å²) in [6, 6.07) is 21.5. The average Bonchev–Trinajstić information content (AvgIpc) is 2.77. The van der Waals surface area contributed by atoms with Crippen LogP contribution in [0.25, 0.3) is 0 Å². The van der Waals surface area contributed by atoms with E-state index in [-0.39, 0.29) is 22.8 Å². The van der Waals surface area contributed by atoms with Gasteiger partial charge in [-0.2, -0.15) is 0 Å². The van der Waals surface area contributed by atoms with Crippen LogP contribution in [0.15, 0.2) is 83.8 Å². The first-order chi connectivity index (χ1) is 14.3. The molecular weight excluding hydrogens is 402 g/mol. The molecule has 0 heterocycles. The standard InChI is InChI=1S/C23H21NO5S/c1-17-10-12-19(13-11-17)22(25)16-29-23(26)20-8-5-9-21(14-20)30(27,28)24-15-18-6-3-2-4-7-18/h2-14,24H,15-16H2,1H3. The van der Waals surface area contributed by atoms with E-state index in [9.17, 15) is 18.0 Å². The normalized spacial score (nSPS) is 11.1. The van der Waals surface area contributed by atoms with Crippen LogP contribution < -0.4 is 4.72 Å². The highest BCUT2D eigenvalue weighted by molar-refractivity contribution is 7.89. The molecule has 7 heteroatoms. The second kappa shape index (κ2) is 9.47. The number of hydrogen-bond acceptors (Lipinski definition) is 5. The summed E-state index contributed by atoms with van der Waals surface area (Å²) in [5, 5.41) is 0. The van der Waals surface area contributed by atoms with E-state index in [4.69, 9.17) is 4.74 Å². The smallest absolute Gasteiger partial charge is 0.338 e. The number of aryl methyl sites for hydroxylation is 1. The van der Waals surface area contributed by atoms with Crippen molar-refractivity contribution in [2.24, 2.45) is 0 Å². The number of benzene rings is 3. The van der Waals surface area contributed by atoms with Crippen LogP contribution in [0, 0.1) is 6.92 Å². The lowest BCUT2D eigenvalue weighted by Crippen LogP contribution is -2.23. The third-order valence-electron chi connectivity index (χ3n) is 4.40. The predicted octanol–water partition coefficient (Wildman–Crippen LogP) is 3.51. The summed E-state index contributed by atoms with van der Waals surface area (Å²) >= 11 is 0. The number of hydrogen-bond donors (Lipinski definition) is 1. The van der Waals surface area contributed by atoms with E-state index in [1.807, 2.05) is 25.1 Å². The fourth-order valence-electron chi connectivity index (χ4n) is 2.68. The average molecular weight is 423 g/mol. The number of carbonyl (C=O) groups is 2. The Morgan fingerprint density at radius 2 is 1.57 bits per heavy atom. The van der Waals surface area contributed by atoms with E-state index in [0.717, 1.165) is 11.1 Å². The maximum Gasteiger partial charge on any atom is 0.338 e. The van der Waals surface area contributed by atoms with Crippen molar-refractivity contribution in [3.63, 3.8) is 0 Å². The molecule has 0 aromatic heterocycles. The van der Waals surface area contributed by atoms with Crippen LogP contribution in [0.5, 0.6) is 0 Å². The van der Waals surface area contributed by atoms with Crippen molar-refractivity contribution in [3.05, 3.63) is 101 Å². The van der Waals surface area contributed by atoms with Crippen molar-refractivity contribution in [2.75, 3.05) is 6.61 Å². The van der Waals surface area contributed by atoms with Crippen LogP contribution in [0.2, 0.25) is 0 Å². The Bertz CT molecular complexity index is 1140. The van der Waals surface area contributed by atoms with E-state index < -0.39 is 22.6 Å². The second-order valence-corrected chi connectivity index (χ2v) is 8.47. The number of esters is 1. The van der Waals surface area contributed by atoms with E-state index in [2.05, 4.69) is 4.72 Å². The lowest BCUT2D eigenvalue weighted by atomic mass is 10.1. The first-order valence-corrected chi connectivity index (χ1v) is 10.7. The molecule has 154 valence electrons. The van der Waals surface area contributed by atoms with Gasteiger partial charge in [0.15, 0.2) is 12.4 Å². The zero-order valence-corrected chi connectivity index (χ0v) is 17.2. The number of carbonyl (C=O) groups excluding carboxylic acids is 2. The number of ether oxygens (including phenoxy) is 1. The van der Waals surface area contributed by atoms with E-state index in [0.29, 0.717) is 5.56 Å². The van der Waals surface area contributed by atoms with Crippen LogP contribution in [0.1, 0.15) is 31.8 Å². The Labute approximate surface area is 175 Å². The van der Waals surface area contributed by atoms with Gasteiger partial charge in [-0.1, -0.05) is 66.2 Å². The molecule has 6 nitrogen and oxygen atoms in total. The molecule has 0 saturated carbocycles. The minimum absolute atomic E-state index is 0.0503. The Morgan fingerprint density at radius 3 is 2.27 bits per heavy atom. The van der Waals surface area contributed by atoms with Gasteiger partial charge < -0.3 is 4.74 Å². The van der Waals surface area contributed by atoms with Gasteiger partial charge in [-0.05, 0) is 30.7 Å². The summed E-state index contributed by atoms with van der Waals surface area (Å²) in [6.07, 6.45) is 0. The predicted molar refractivity (Wildman–Crippen MR) is 113 cm³/mol. The highest BCUT2D eigenvalue weighted by atomic mass is 32.2. The molecule has 0 radical (unpaired) electrons. The molecule has 0 fully saturated rings. The minimum Gasteiger partial charge on any atom is -0.454 e. The fraction of sp³-hybridized carbons (Fsp3) is 0.130.